The highest BCUT2D eigenvalue weighted by Crippen LogP contribution is 2.24. The number of nitrogens with one attached hydrogen (secondary N) is 2. The molecule has 32 heavy (non-hydrogen) atoms. The summed E-state index contributed by atoms with van der Waals surface area (Å²) in [7, 11) is -4.10. The predicted octanol–water partition coefficient (Wildman–Crippen LogP) is 1.62. The highest BCUT2D eigenvalue weighted by Gasteiger charge is 2.29. The molecule has 1 aliphatic rings. The summed E-state index contributed by atoms with van der Waals surface area (Å²) in [6.45, 7) is -0.171. The van der Waals surface area contributed by atoms with Gasteiger partial charge in [0, 0.05) is 18.7 Å². The van der Waals surface area contributed by atoms with Crippen molar-refractivity contribution in [2.75, 3.05) is 19.7 Å². The molecule has 11 heteroatoms. The van der Waals surface area contributed by atoms with Gasteiger partial charge in [0.15, 0.2) is 6.61 Å². The summed E-state index contributed by atoms with van der Waals surface area (Å²) in [6.07, 6.45) is 2.26. The molecule has 3 rings (SSSR count). The van der Waals surface area contributed by atoms with E-state index in [1.54, 1.807) is 30.3 Å². The standard InChI is InChI=1S/C21H22FN3O6S/c22-17-10-9-16(13-18(17)32(29,30)25-11-5-2-6-12-25)21(28)31-14-19(26)23-24-20(27)15-7-3-1-4-8-15/h1,3-4,7-10,13H,2,5-6,11-12,14H2,(H,23,26)(H,24,27). The smallest absolute Gasteiger partial charge is 0.338 e. The molecular formula is C21H22FN3O6S. The molecule has 2 aromatic carbocycles. The minimum Gasteiger partial charge on any atom is -0.452 e. The van der Waals surface area contributed by atoms with Gasteiger partial charge in [0.05, 0.1) is 5.56 Å². The third kappa shape index (κ3) is 5.68. The van der Waals surface area contributed by atoms with Crippen LogP contribution in [0.5, 0.6) is 0 Å². The van der Waals surface area contributed by atoms with Gasteiger partial charge in [-0.2, -0.15) is 4.31 Å². The molecule has 0 radical (unpaired) electrons. The van der Waals surface area contributed by atoms with Gasteiger partial charge in [-0.1, -0.05) is 24.6 Å². The van der Waals surface area contributed by atoms with Crippen molar-refractivity contribution in [1.82, 2.24) is 15.2 Å². The predicted molar refractivity (Wildman–Crippen MR) is 111 cm³/mol. The Kier molecular flexibility index (Phi) is 7.54. The third-order valence-electron chi connectivity index (χ3n) is 4.79. The average Bonchev–Trinajstić information content (AvgIpc) is 2.82. The van der Waals surface area contributed by atoms with Crippen LogP contribution in [-0.4, -0.2) is 50.2 Å². The Morgan fingerprint density at radius 1 is 0.938 bits per heavy atom. The van der Waals surface area contributed by atoms with Crippen molar-refractivity contribution < 1.29 is 31.9 Å². The molecule has 1 aliphatic heterocycles. The van der Waals surface area contributed by atoms with Crippen LogP contribution in [0, 0.1) is 5.82 Å². The van der Waals surface area contributed by atoms with E-state index in [-0.39, 0.29) is 18.7 Å². The lowest BCUT2D eigenvalue weighted by atomic mass is 10.2. The van der Waals surface area contributed by atoms with E-state index in [0.29, 0.717) is 18.4 Å². The zero-order valence-electron chi connectivity index (χ0n) is 17.0. The first-order valence-electron chi connectivity index (χ1n) is 9.90. The number of halogens is 1. The molecule has 1 saturated heterocycles. The summed E-state index contributed by atoms with van der Waals surface area (Å²) in [5.74, 6) is -3.36. The van der Waals surface area contributed by atoms with Crippen LogP contribution < -0.4 is 10.9 Å². The second-order valence-electron chi connectivity index (χ2n) is 7.05. The van der Waals surface area contributed by atoms with Crippen LogP contribution in [-0.2, 0) is 19.6 Å². The molecule has 0 saturated carbocycles. The first kappa shape index (κ1) is 23.4. The molecule has 2 aromatic rings. The van der Waals surface area contributed by atoms with Crippen LogP contribution >= 0.6 is 0 Å². The number of esters is 1. The van der Waals surface area contributed by atoms with E-state index in [2.05, 4.69) is 10.9 Å². The van der Waals surface area contributed by atoms with Crippen molar-refractivity contribution in [2.45, 2.75) is 24.2 Å². The van der Waals surface area contributed by atoms with E-state index >= 15 is 0 Å². The Morgan fingerprint density at radius 2 is 1.62 bits per heavy atom. The van der Waals surface area contributed by atoms with E-state index in [0.717, 1.165) is 24.6 Å². The second kappa shape index (κ2) is 10.3. The highest BCUT2D eigenvalue weighted by molar-refractivity contribution is 7.89. The number of nitrogens with zero attached hydrogens (tertiary/aromatic N) is 1. The minimum absolute atomic E-state index is 0.219. The normalized spacial score (nSPS) is 14.4. The van der Waals surface area contributed by atoms with Gasteiger partial charge >= 0.3 is 5.97 Å². The summed E-state index contributed by atoms with van der Waals surface area (Å²) >= 11 is 0. The number of rotatable bonds is 6. The number of hydrogen-bond acceptors (Lipinski definition) is 6. The number of carbonyl (C=O) groups is 3. The number of piperidine rings is 1. The van der Waals surface area contributed by atoms with E-state index in [1.807, 2.05) is 0 Å². The molecule has 0 unspecified atom stereocenters. The molecule has 0 aliphatic carbocycles. The SMILES string of the molecule is O=C(COC(=O)c1ccc(F)c(S(=O)(=O)N2CCCCC2)c1)NNC(=O)c1ccccc1. The van der Waals surface area contributed by atoms with Crippen LogP contribution in [0.1, 0.15) is 40.0 Å². The Hall–Kier alpha value is -3.31. The van der Waals surface area contributed by atoms with Gasteiger partial charge in [-0.3, -0.25) is 20.4 Å². The van der Waals surface area contributed by atoms with Crippen LogP contribution in [0.25, 0.3) is 0 Å². The molecule has 0 spiro atoms. The van der Waals surface area contributed by atoms with Gasteiger partial charge in [0.1, 0.15) is 10.7 Å². The summed E-state index contributed by atoms with van der Waals surface area (Å²) < 4.78 is 45.8. The highest BCUT2D eigenvalue weighted by atomic mass is 32.2. The Balaban J connectivity index is 1.59. The van der Waals surface area contributed by atoms with Gasteiger partial charge in [-0.15, -0.1) is 0 Å². The zero-order chi connectivity index (χ0) is 23.1. The minimum atomic E-state index is -4.10. The molecule has 2 N–H and O–H groups in total. The lowest BCUT2D eigenvalue weighted by Gasteiger charge is -2.26. The monoisotopic (exact) mass is 463 g/mol. The first-order valence-corrected chi connectivity index (χ1v) is 11.3. The largest absolute Gasteiger partial charge is 0.452 e. The van der Waals surface area contributed by atoms with Crippen molar-refractivity contribution in [1.29, 1.82) is 0 Å². The number of sulfonamides is 1. The average molecular weight is 463 g/mol. The molecular weight excluding hydrogens is 441 g/mol. The molecule has 1 heterocycles. The molecule has 9 nitrogen and oxygen atoms in total. The van der Waals surface area contributed by atoms with Crippen LogP contribution in [0.2, 0.25) is 0 Å². The lowest BCUT2D eigenvalue weighted by Crippen LogP contribution is -2.43. The van der Waals surface area contributed by atoms with Crippen molar-refractivity contribution in [3.05, 3.63) is 65.5 Å². The Bertz CT molecular complexity index is 1100. The number of amides is 2. The van der Waals surface area contributed by atoms with Gasteiger partial charge in [0.2, 0.25) is 10.0 Å². The van der Waals surface area contributed by atoms with E-state index in [4.69, 9.17) is 4.74 Å². The van der Waals surface area contributed by atoms with E-state index in [9.17, 15) is 27.2 Å². The maximum Gasteiger partial charge on any atom is 0.338 e. The second-order valence-corrected chi connectivity index (χ2v) is 8.96. The van der Waals surface area contributed by atoms with Gasteiger partial charge < -0.3 is 4.74 Å². The summed E-state index contributed by atoms with van der Waals surface area (Å²) in [4.78, 5) is 35.3. The maximum atomic E-state index is 14.3. The zero-order valence-corrected chi connectivity index (χ0v) is 17.9. The van der Waals surface area contributed by atoms with Crippen LogP contribution in [0.15, 0.2) is 53.4 Å². The number of ether oxygens (including phenoxy) is 1. The fourth-order valence-corrected chi connectivity index (χ4v) is 4.72. The Morgan fingerprint density at radius 3 is 2.31 bits per heavy atom. The fourth-order valence-electron chi connectivity index (χ4n) is 3.11. The fraction of sp³-hybridized carbons (Fsp3) is 0.286. The number of hydrazine groups is 1. The van der Waals surface area contributed by atoms with Gasteiger partial charge in [-0.05, 0) is 43.2 Å². The molecule has 1 fully saturated rings. The van der Waals surface area contributed by atoms with Gasteiger partial charge in [0.25, 0.3) is 11.8 Å². The third-order valence-corrected chi connectivity index (χ3v) is 6.70. The Labute approximate surface area is 184 Å². The van der Waals surface area contributed by atoms with E-state index < -0.39 is 45.1 Å². The van der Waals surface area contributed by atoms with Crippen LogP contribution in [0.4, 0.5) is 4.39 Å². The summed E-state index contributed by atoms with van der Waals surface area (Å²) in [5, 5.41) is 0. The van der Waals surface area contributed by atoms with Crippen LogP contribution in [0.3, 0.4) is 0 Å². The van der Waals surface area contributed by atoms with Crippen molar-refractivity contribution in [2.24, 2.45) is 0 Å². The summed E-state index contributed by atoms with van der Waals surface area (Å²) in [5.41, 5.74) is 4.37. The summed E-state index contributed by atoms with van der Waals surface area (Å²) in [6, 6.07) is 11.0. The molecule has 0 bridgehead atoms. The molecule has 2 amide bonds. The van der Waals surface area contributed by atoms with Crippen molar-refractivity contribution >= 4 is 27.8 Å². The molecule has 170 valence electrons. The maximum absolute atomic E-state index is 14.3. The topological polar surface area (TPSA) is 122 Å². The lowest BCUT2D eigenvalue weighted by molar-refractivity contribution is -0.125. The van der Waals surface area contributed by atoms with Crippen molar-refractivity contribution in [3.63, 3.8) is 0 Å². The van der Waals surface area contributed by atoms with Crippen molar-refractivity contribution in [3.8, 4) is 0 Å². The number of hydrogen-bond donors (Lipinski definition) is 2. The number of carbonyl (C=O) groups excluding carboxylic acids is 3. The van der Waals surface area contributed by atoms with Gasteiger partial charge in [-0.25, -0.2) is 17.6 Å². The molecule has 0 atom stereocenters. The first-order chi connectivity index (χ1) is 15.3. The quantitative estimate of drug-likeness (QED) is 0.496. The number of benzene rings is 2. The van der Waals surface area contributed by atoms with E-state index in [1.165, 1.54) is 4.31 Å². The molecule has 0 aromatic heterocycles.